The Hall–Kier alpha value is -2.15. The summed E-state index contributed by atoms with van der Waals surface area (Å²) in [4.78, 5) is 8.12. The molecule has 0 amide bonds. The number of aryl methyl sites for hydroxylation is 1. The van der Waals surface area contributed by atoms with Crippen molar-refractivity contribution in [1.29, 1.82) is 0 Å². The van der Waals surface area contributed by atoms with E-state index >= 15 is 0 Å². The summed E-state index contributed by atoms with van der Waals surface area (Å²) in [6.07, 6.45) is 2.87. The number of sulfonamides is 1. The Labute approximate surface area is 118 Å². The van der Waals surface area contributed by atoms with E-state index in [1.54, 1.807) is 24.4 Å². The second-order valence-electron chi connectivity index (χ2n) is 4.23. The van der Waals surface area contributed by atoms with Crippen molar-refractivity contribution >= 4 is 21.7 Å². The van der Waals surface area contributed by atoms with Crippen LogP contribution in [0, 0.1) is 6.92 Å². The Morgan fingerprint density at radius 2 is 1.95 bits per heavy atom. The Balaban J connectivity index is 2.21. The van der Waals surface area contributed by atoms with Crippen LogP contribution >= 0.6 is 0 Å². The molecule has 0 atom stereocenters. The average molecular weight is 292 g/mol. The lowest BCUT2D eigenvalue weighted by atomic mass is 10.3. The zero-order valence-corrected chi connectivity index (χ0v) is 12.1. The first-order valence-electron chi connectivity index (χ1n) is 6.16. The van der Waals surface area contributed by atoms with Crippen molar-refractivity contribution in [3.63, 3.8) is 0 Å². The summed E-state index contributed by atoms with van der Waals surface area (Å²) in [5.74, 6) is 0.931. The van der Waals surface area contributed by atoms with Crippen molar-refractivity contribution in [2.45, 2.75) is 18.7 Å². The van der Waals surface area contributed by atoms with E-state index < -0.39 is 10.0 Å². The highest BCUT2D eigenvalue weighted by Crippen LogP contribution is 2.15. The van der Waals surface area contributed by atoms with Gasteiger partial charge in [0.15, 0.2) is 0 Å². The van der Waals surface area contributed by atoms with Gasteiger partial charge in [-0.15, -0.1) is 0 Å². The van der Waals surface area contributed by atoms with Gasteiger partial charge in [-0.05, 0) is 43.7 Å². The number of aromatic nitrogens is 2. The molecule has 0 bridgehead atoms. The number of pyridine rings is 2. The van der Waals surface area contributed by atoms with E-state index in [4.69, 9.17) is 0 Å². The molecule has 7 heteroatoms. The van der Waals surface area contributed by atoms with Gasteiger partial charge in [0.25, 0.3) is 10.0 Å². The predicted octanol–water partition coefficient (Wildman–Crippen LogP) is 2.02. The lowest BCUT2D eigenvalue weighted by Crippen LogP contribution is -2.14. The lowest BCUT2D eigenvalue weighted by Gasteiger charge is -2.08. The summed E-state index contributed by atoms with van der Waals surface area (Å²) in [7, 11) is -3.66. The Morgan fingerprint density at radius 1 is 1.15 bits per heavy atom. The number of hydrogen-bond acceptors (Lipinski definition) is 5. The van der Waals surface area contributed by atoms with Gasteiger partial charge in [0, 0.05) is 18.9 Å². The molecule has 2 rings (SSSR count). The van der Waals surface area contributed by atoms with Crippen LogP contribution < -0.4 is 10.0 Å². The van der Waals surface area contributed by atoms with E-state index in [1.807, 2.05) is 13.8 Å². The minimum absolute atomic E-state index is 0.0995. The molecule has 2 N–H and O–H groups in total. The van der Waals surface area contributed by atoms with Gasteiger partial charge in [0.1, 0.15) is 16.5 Å². The Kier molecular flexibility index (Phi) is 4.19. The SMILES string of the molecule is CCNc1ccc(S(=O)(=O)Nc2cc(C)ccn2)cn1. The third-order valence-corrected chi connectivity index (χ3v) is 3.90. The fraction of sp³-hybridized carbons (Fsp3) is 0.231. The van der Waals surface area contributed by atoms with Gasteiger partial charge >= 0.3 is 0 Å². The average Bonchev–Trinajstić information content (AvgIpc) is 2.39. The van der Waals surface area contributed by atoms with Gasteiger partial charge in [0.05, 0.1) is 0 Å². The lowest BCUT2D eigenvalue weighted by molar-refractivity contribution is 0.600. The molecule has 0 unspecified atom stereocenters. The third-order valence-electron chi connectivity index (χ3n) is 2.56. The number of nitrogens with zero attached hydrogens (tertiary/aromatic N) is 2. The van der Waals surface area contributed by atoms with Gasteiger partial charge in [-0.1, -0.05) is 0 Å². The van der Waals surface area contributed by atoms with E-state index in [0.29, 0.717) is 11.6 Å². The van der Waals surface area contributed by atoms with Crippen molar-refractivity contribution in [3.05, 3.63) is 42.2 Å². The number of nitrogens with one attached hydrogen (secondary N) is 2. The molecule has 106 valence electrons. The van der Waals surface area contributed by atoms with Crippen LogP contribution in [0.3, 0.4) is 0 Å². The van der Waals surface area contributed by atoms with E-state index in [0.717, 1.165) is 12.1 Å². The highest BCUT2D eigenvalue weighted by molar-refractivity contribution is 7.92. The summed E-state index contributed by atoms with van der Waals surface area (Å²) < 4.78 is 26.8. The molecule has 0 aromatic carbocycles. The van der Waals surface area contributed by atoms with Crippen LogP contribution in [-0.4, -0.2) is 24.9 Å². The molecule has 0 fully saturated rings. The van der Waals surface area contributed by atoms with Crippen LogP contribution in [-0.2, 0) is 10.0 Å². The van der Waals surface area contributed by atoms with Crippen LogP contribution in [0.1, 0.15) is 12.5 Å². The summed E-state index contributed by atoms with van der Waals surface area (Å²) >= 11 is 0. The van der Waals surface area contributed by atoms with Gasteiger partial charge < -0.3 is 5.32 Å². The van der Waals surface area contributed by atoms with E-state index in [9.17, 15) is 8.42 Å². The van der Waals surface area contributed by atoms with E-state index in [2.05, 4.69) is 20.0 Å². The molecule has 20 heavy (non-hydrogen) atoms. The zero-order valence-electron chi connectivity index (χ0n) is 11.3. The molecule has 0 radical (unpaired) electrons. The maximum atomic E-state index is 12.2. The Bertz CT molecular complexity index is 684. The quantitative estimate of drug-likeness (QED) is 0.880. The smallest absolute Gasteiger partial charge is 0.264 e. The van der Waals surface area contributed by atoms with Gasteiger partial charge in [-0.2, -0.15) is 0 Å². The first-order chi connectivity index (χ1) is 9.51. The van der Waals surface area contributed by atoms with Crippen molar-refractivity contribution < 1.29 is 8.42 Å². The second-order valence-corrected chi connectivity index (χ2v) is 5.92. The summed E-state index contributed by atoms with van der Waals surface area (Å²) in [5, 5.41) is 3.00. The topological polar surface area (TPSA) is 84.0 Å². The first-order valence-corrected chi connectivity index (χ1v) is 7.65. The standard InChI is InChI=1S/C13H16N4O2S/c1-3-14-12-5-4-11(9-16-12)20(18,19)17-13-8-10(2)6-7-15-13/h4-9H,3H2,1-2H3,(H,14,16)(H,15,17). The van der Waals surface area contributed by atoms with Crippen LogP contribution in [0.4, 0.5) is 11.6 Å². The van der Waals surface area contributed by atoms with Gasteiger partial charge in [0.2, 0.25) is 0 Å². The third kappa shape index (κ3) is 3.45. The largest absolute Gasteiger partial charge is 0.370 e. The molecule has 2 heterocycles. The van der Waals surface area contributed by atoms with Crippen molar-refractivity contribution in [2.24, 2.45) is 0 Å². The van der Waals surface area contributed by atoms with Gasteiger partial charge in [-0.25, -0.2) is 18.4 Å². The highest BCUT2D eigenvalue weighted by atomic mass is 32.2. The van der Waals surface area contributed by atoms with Gasteiger partial charge in [-0.3, -0.25) is 4.72 Å². The van der Waals surface area contributed by atoms with Crippen LogP contribution in [0.5, 0.6) is 0 Å². The summed E-state index contributed by atoms with van der Waals surface area (Å²) in [6.45, 7) is 4.54. The number of anilines is 2. The summed E-state index contributed by atoms with van der Waals surface area (Å²) in [6, 6.07) is 6.59. The minimum atomic E-state index is -3.66. The minimum Gasteiger partial charge on any atom is -0.370 e. The molecule has 6 nitrogen and oxygen atoms in total. The highest BCUT2D eigenvalue weighted by Gasteiger charge is 2.15. The monoisotopic (exact) mass is 292 g/mol. The fourth-order valence-corrected chi connectivity index (χ4v) is 2.56. The molecule has 2 aromatic heterocycles. The van der Waals surface area contributed by atoms with E-state index in [-0.39, 0.29) is 4.90 Å². The molecule has 0 saturated heterocycles. The van der Waals surface area contributed by atoms with Crippen LogP contribution in [0.15, 0.2) is 41.6 Å². The maximum Gasteiger partial charge on any atom is 0.264 e. The maximum absolute atomic E-state index is 12.2. The number of rotatable bonds is 5. The van der Waals surface area contributed by atoms with E-state index in [1.165, 1.54) is 12.3 Å². The van der Waals surface area contributed by atoms with Crippen molar-refractivity contribution in [2.75, 3.05) is 16.6 Å². The summed E-state index contributed by atoms with van der Waals surface area (Å²) in [5.41, 5.74) is 0.929. The Morgan fingerprint density at radius 3 is 2.55 bits per heavy atom. The molecule has 0 spiro atoms. The normalized spacial score (nSPS) is 11.1. The molecule has 2 aromatic rings. The predicted molar refractivity (Wildman–Crippen MR) is 78.2 cm³/mol. The zero-order chi connectivity index (χ0) is 14.6. The second kappa shape index (κ2) is 5.87. The van der Waals surface area contributed by atoms with Crippen molar-refractivity contribution in [1.82, 2.24) is 9.97 Å². The molecular weight excluding hydrogens is 276 g/mol. The first kappa shape index (κ1) is 14.3. The molecule has 0 aliphatic heterocycles. The van der Waals surface area contributed by atoms with Crippen LogP contribution in [0.2, 0.25) is 0 Å². The fourth-order valence-electron chi connectivity index (χ4n) is 1.61. The molecule has 0 aliphatic carbocycles. The van der Waals surface area contributed by atoms with Crippen LogP contribution in [0.25, 0.3) is 0 Å². The van der Waals surface area contributed by atoms with Crippen molar-refractivity contribution in [3.8, 4) is 0 Å². The number of hydrogen-bond donors (Lipinski definition) is 2. The molecule has 0 aliphatic rings. The molecular formula is C13H16N4O2S. The molecule has 0 saturated carbocycles.